The maximum atomic E-state index is 2.82. The van der Waals surface area contributed by atoms with Gasteiger partial charge >= 0.3 is 0 Å². The molecular formula is C21H46N2Si. The molecule has 0 bridgehead atoms. The van der Waals surface area contributed by atoms with Crippen LogP contribution in [0.3, 0.4) is 0 Å². The Bertz CT molecular complexity index is 245. The van der Waals surface area contributed by atoms with Crippen molar-refractivity contribution in [2.45, 2.75) is 98.1 Å². The molecule has 24 heavy (non-hydrogen) atoms. The number of hydrogen-bond acceptors (Lipinski definition) is 2. The summed E-state index contributed by atoms with van der Waals surface area (Å²) in [5.74, 6) is 0. The molecule has 0 radical (unpaired) electrons. The zero-order chi connectivity index (χ0) is 18.0. The second kappa shape index (κ2) is 17.7. The van der Waals surface area contributed by atoms with E-state index in [-0.39, 0.29) is 0 Å². The van der Waals surface area contributed by atoms with E-state index in [0.29, 0.717) is 6.17 Å². The first-order chi connectivity index (χ1) is 11.7. The van der Waals surface area contributed by atoms with Crippen molar-refractivity contribution in [3.63, 3.8) is 0 Å². The van der Waals surface area contributed by atoms with E-state index in [0.717, 1.165) is 0 Å². The van der Waals surface area contributed by atoms with Gasteiger partial charge in [0.1, 0.15) is 0 Å². The standard InChI is InChI=1S/C21H46N2Si/c1-5-9-16-22(17-10-6-2)21(15-13-14-20-24)23(18-11-7-3)19-12-8-4/h14,20-21H,5-13,15-19H2,1-4,24H3. The molecule has 0 amide bonds. The highest BCUT2D eigenvalue weighted by atomic mass is 28.1. The van der Waals surface area contributed by atoms with Crippen LogP contribution in [-0.2, 0) is 0 Å². The summed E-state index contributed by atoms with van der Waals surface area (Å²) >= 11 is 0. The van der Waals surface area contributed by atoms with E-state index in [1.54, 1.807) is 0 Å². The summed E-state index contributed by atoms with van der Waals surface area (Å²) in [6, 6.07) is 0. The van der Waals surface area contributed by atoms with Crippen molar-refractivity contribution in [1.82, 2.24) is 9.80 Å². The first-order valence-electron chi connectivity index (χ1n) is 10.8. The van der Waals surface area contributed by atoms with Gasteiger partial charge in [-0.1, -0.05) is 59.5 Å². The number of nitrogens with zero attached hydrogens (tertiary/aromatic N) is 2. The fourth-order valence-electron chi connectivity index (χ4n) is 3.27. The van der Waals surface area contributed by atoms with Crippen LogP contribution in [0.2, 0.25) is 0 Å². The molecule has 0 aliphatic heterocycles. The highest BCUT2D eigenvalue weighted by Gasteiger charge is 2.23. The van der Waals surface area contributed by atoms with E-state index in [2.05, 4.69) is 49.3 Å². The Morgan fingerprint density at radius 1 is 0.708 bits per heavy atom. The lowest BCUT2D eigenvalue weighted by atomic mass is 10.1. The number of hydrogen-bond donors (Lipinski definition) is 0. The smallest absolute Gasteiger partial charge is 0.0625 e. The number of allylic oxidation sites excluding steroid dienone is 1. The molecule has 0 spiro atoms. The maximum Gasteiger partial charge on any atom is 0.0625 e. The summed E-state index contributed by atoms with van der Waals surface area (Å²) in [6.07, 6.45) is 16.2. The molecule has 0 saturated carbocycles. The minimum Gasteiger partial charge on any atom is -0.288 e. The third-order valence-electron chi connectivity index (χ3n) is 4.87. The van der Waals surface area contributed by atoms with Crippen molar-refractivity contribution in [3.8, 4) is 0 Å². The molecule has 3 heteroatoms. The van der Waals surface area contributed by atoms with Crippen LogP contribution in [0, 0.1) is 0 Å². The van der Waals surface area contributed by atoms with Gasteiger partial charge in [-0.05, 0) is 64.7 Å². The monoisotopic (exact) mass is 354 g/mol. The van der Waals surface area contributed by atoms with Gasteiger partial charge in [-0.25, -0.2) is 0 Å². The van der Waals surface area contributed by atoms with Crippen LogP contribution >= 0.6 is 0 Å². The second-order valence-electron chi connectivity index (χ2n) is 7.11. The predicted molar refractivity (Wildman–Crippen MR) is 115 cm³/mol. The summed E-state index contributed by atoms with van der Waals surface area (Å²) in [4.78, 5) is 5.64. The van der Waals surface area contributed by atoms with Gasteiger partial charge in [0.2, 0.25) is 0 Å². The van der Waals surface area contributed by atoms with Crippen LogP contribution < -0.4 is 0 Å². The van der Waals surface area contributed by atoms with E-state index in [9.17, 15) is 0 Å². The van der Waals surface area contributed by atoms with Gasteiger partial charge in [0.05, 0.1) is 6.17 Å². The van der Waals surface area contributed by atoms with Gasteiger partial charge in [-0.15, -0.1) is 5.70 Å². The summed E-state index contributed by atoms with van der Waals surface area (Å²) in [5, 5.41) is 0. The quantitative estimate of drug-likeness (QED) is 0.274. The van der Waals surface area contributed by atoms with Crippen LogP contribution in [0.25, 0.3) is 0 Å². The highest BCUT2D eigenvalue weighted by molar-refractivity contribution is 6.16. The molecule has 0 rings (SSSR count). The summed E-state index contributed by atoms with van der Waals surface area (Å²) in [7, 11) is 1.19. The minimum atomic E-state index is 0.652. The Morgan fingerprint density at radius 2 is 1.08 bits per heavy atom. The molecule has 0 heterocycles. The zero-order valence-corrected chi connectivity index (χ0v) is 19.5. The average Bonchev–Trinajstić information content (AvgIpc) is 2.60. The van der Waals surface area contributed by atoms with Crippen LogP contribution in [-0.4, -0.2) is 52.4 Å². The highest BCUT2D eigenvalue weighted by Crippen LogP contribution is 2.17. The number of unbranched alkanes of at least 4 members (excludes halogenated alkanes) is 4. The van der Waals surface area contributed by atoms with Crippen molar-refractivity contribution < 1.29 is 0 Å². The molecular weight excluding hydrogens is 308 g/mol. The zero-order valence-electron chi connectivity index (χ0n) is 17.5. The Labute approximate surface area is 156 Å². The number of rotatable bonds is 17. The molecule has 0 aromatic carbocycles. The third kappa shape index (κ3) is 11.4. The molecule has 0 unspecified atom stereocenters. The lowest BCUT2D eigenvalue weighted by Crippen LogP contribution is -2.50. The first kappa shape index (κ1) is 23.9. The fraction of sp³-hybridized carbons (Fsp3) is 0.905. The van der Waals surface area contributed by atoms with Crippen molar-refractivity contribution in [2.75, 3.05) is 26.2 Å². The average molecular weight is 355 g/mol. The molecule has 0 atom stereocenters. The molecule has 0 aliphatic carbocycles. The molecule has 0 aromatic heterocycles. The lowest BCUT2D eigenvalue weighted by molar-refractivity contribution is 0.0317. The third-order valence-corrected chi connectivity index (χ3v) is 5.34. The fourth-order valence-corrected chi connectivity index (χ4v) is 3.61. The van der Waals surface area contributed by atoms with Crippen molar-refractivity contribution in [3.05, 3.63) is 11.8 Å². The van der Waals surface area contributed by atoms with Gasteiger partial charge in [-0.2, -0.15) is 0 Å². The molecule has 0 saturated heterocycles. The van der Waals surface area contributed by atoms with Gasteiger partial charge in [0, 0.05) is 10.2 Å². The Morgan fingerprint density at radius 3 is 1.38 bits per heavy atom. The topological polar surface area (TPSA) is 6.48 Å². The molecule has 2 nitrogen and oxygen atoms in total. The molecule has 0 fully saturated rings. The molecule has 144 valence electrons. The lowest BCUT2D eigenvalue weighted by Gasteiger charge is -2.40. The van der Waals surface area contributed by atoms with Gasteiger partial charge < -0.3 is 0 Å². The van der Waals surface area contributed by atoms with E-state index in [1.165, 1.54) is 101 Å². The van der Waals surface area contributed by atoms with Crippen LogP contribution in [0.1, 0.15) is 91.9 Å². The molecule has 0 N–H and O–H groups in total. The van der Waals surface area contributed by atoms with Gasteiger partial charge in [-0.3, -0.25) is 9.80 Å². The van der Waals surface area contributed by atoms with Gasteiger partial charge in [0.25, 0.3) is 0 Å². The van der Waals surface area contributed by atoms with Crippen LogP contribution in [0.4, 0.5) is 0 Å². The molecule has 0 aromatic rings. The van der Waals surface area contributed by atoms with Crippen LogP contribution in [0.15, 0.2) is 11.8 Å². The molecule has 0 aliphatic rings. The predicted octanol–water partition coefficient (Wildman–Crippen LogP) is 4.78. The maximum absolute atomic E-state index is 2.82. The largest absolute Gasteiger partial charge is 0.288 e. The van der Waals surface area contributed by atoms with Crippen molar-refractivity contribution in [1.29, 1.82) is 0 Å². The Kier molecular flexibility index (Phi) is 17.6. The first-order valence-corrected chi connectivity index (χ1v) is 12.0. The summed E-state index contributed by atoms with van der Waals surface area (Å²) in [5.41, 5.74) is 2.35. The normalized spacial score (nSPS) is 12.5. The van der Waals surface area contributed by atoms with Gasteiger partial charge in [0.15, 0.2) is 0 Å². The van der Waals surface area contributed by atoms with Crippen LogP contribution in [0.5, 0.6) is 0 Å². The van der Waals surface area contributed by atoms with E-state index >= 15 is 0 Å². The van der Waals surface area contributed by atoms with E-state index in [1.807, 2.05) is 0 Å². The van der Waals surface area contributed by atoms with E-state index in [4.69, 9.17) is 0 Å². The Balaban J connectivity index is 5.08. The summed E-state index contributed by atoms with van der Waals surface area (Å²) in [6.45, 7) is 14.4. The SMILES string of the molecule is CCCCN(CCCC)C(CCC=C[SiH3])N(CCCC)CCCC. The van der Waals surface area contributed by atoms with Crippen molar-refractivity contribution in [2.24, 2.45) is 0 Å². The van der Waals surface area contributed by atoms with Crippen molar-refractivity contribution >= 4 is 10.2 Å². The van der Waals surface area contributed by atoms with E-state index < -0.39 is 0 Å². The second-order valence-corrected chi connectivity index (χ2v) is 7.78. The minimum absolute atomic E-state index is 0.652. The summed E-state index contributed by atoms with van der Waals surface area (Å²) < 4.78 is 0. The Hall–Kier alpha value is -0.123.